The van der Waals surface area contributed by atoms with Crippen molar-refractivity contribution >= 4 is 11.3 Å². The minimum absolute atomic E-state index is 0.0712. The standard InChI is InChI=1S/C14H23N3OS/c1-2-5-15-10-6-12-3-4-13(7-10)17(12)8-11-9-19-14(18)16-11/h9-10,12-13,15H,2-8H2,1H3,(H,16,18). The largest absolute Gasteiger partial charge is 0.315 e. The SMILES string of the molecule is CCCNC1CC2CCC(C1)N2Cc1csc(=O)[nH]1. The van der Waals surface area contributed by atoms with Crippen LogP contribution in [0.25, 0.3) is 0 Å². The number of hydrogen-bond donors (Lipinski definition) is 2. The highest BCUT2D eigenvalue weighted by atomic mass is 32.1. The molecule has 0 aliphatic carbocycles. The summed E-state index contributed by atoms with van der Waals surface area (Å²) in [6.07, 6.45) is 6.40. The molecule has 2 bridgehead atoms. The lowest BCUT2D eigenvalue weighted by molar-refractivity contribution is 0.108. The number of fused-ring (bicyclic) bond motifs is 2. The van der Waals surface area contributed by atoms with Gasteiger partial charge in [-0.25, -0.2) is 0 Å². The number of piperidine rings is 1. The first-order valence-corrected chi connectivity index (χ1v) is 8.30. The topological polar surface area (TPSA) is 48.1 Å². The van der Waals surface area contributed by atoms with Gasteiger partial charge >= 0.3 is 4.87 Å². The first kappa shape index (κ1) is 13.3. The van der Waals surface area contributed by atoms with Gasteiger partial charge in [0.05, 0.1) is 0 Å². The highest BCUT2D eigenvalue weighted by molar-refractivity contribution is 7.07. The molecule has 106 valence electrons. The van der Waals surface area contributed by atoms with Crippen LogP contribution < -0.4 is 10.2 Å². The van der Waals surface area contributed by atoms with Crippen LogP contribution in [-0.4, -0.2) is 34.6 Å². The van der Waals surface area contributed by atoms with Crippen molar-refractivity contribution in [1.29, 1.82) is 0 Å². The second-order valence-corrected chi connectivity index (χ2v) is 6.70. The highest BCUT2D eigenvalue weighted by Gasteiger charge is 2.40. The summed E-state index contributed by atoms with van der Waals surface area (Å²) >= 11 is 1.28. The van der Waals surface area contributed by atoms with Crippen LogP contribution >= 0.6 is 11.3 Å². The first-order chi connectivity index (χ1) is 9.26. The smallest absolute Gasteiger partial charge is 0.304 e. The zero-order valence-corrected chi connectivity index (χ0v) is 12.3. The molecule has 2 aliphatic heterocycles. The summed E-state index contributed by atoms with van der Waals surface area (Å²) in [5.41, 5.74) is 1.09. The lowest BCUT2D eigenvalue weighted by atomic mass is 9.97. The summed E-state index contributed by atoms with van der Waals surface area (Å²) < 4.78 is 0. The van der Waals surface area contributed by atoms with Gasteiger partial charge in [0, 0.05) is 35.7 Å². The van der Waals surface area contributed by atoms with Crippen LogP contribution in [0, 0.1) is 0 Å². The Labute approximate surface area is 118 Å². The lowest BCUT2D eigenvalue weighted by Gasteiger charge is -2.39. The fraction of sp³-hybridized carbons (Fsp3) is 0.786. The zero-order chi connectivity index (χ0) is 13.2. The summed E-state index contributed by atoms with van der Waals surface area (Å²) in [6, 6.07) is 2.11. The molecule has 0 spiro atoms. The van der Waals surface area contributed by atoms with Gasteiger partial charge < -0.3 is 10.3 Å². The van der Waals surface area contributed by atoms with E-state index in [-0.39, 0.29) is 4.87 Å². The van der Waals surface area contributed by atoms with E-state index >= 15 is 0 Å². The molecular formula is C14H23N3OS. The van der Waals surface area contributed by atoms with Crippen LogP contribution in [0.2, 0.25) is 0 Å². The van der Waals surface area contributed by atoms with Gasteiger partial charge in [-0.05, 0) is 38.6 Å². The molecule has 4 nitrogen and oxygen atoms in total. The van der Waals surface area contributed by atoms with Crippen molar-refractivity contribution in [1.82, 2.24) is 15.2 Å². The van der Waals surface area contributed by atoms with Crippen LogP contribution in [-0.2, 0) is 6.54 Å². The quantitative estimate of drug-likeness (QED) is 0.867. The van der Waals surface area contributed by atoms with Crippen LogP contribution in [0.3, 0.4) is 0 Å². The predicted molar refractivity (Wildman–Crippen MR) is 78.6 cm³/mol. The predicted octanol–water partition coefficient (Wildman–Crippen LogP) is 1.93. The van der Waals surface area contributed by atoms with E-state index in [1.165, 1.54) is 43.4 Å². The Bertz CT molecular complexity index is 455. The highest BCUT2D eigenvalue weighted by Crippen LogP contribution is 2.36. The molecular weight excluding hydrogens is 258 g/mol. The van der Waals surface area contributed by atoms with E-state index in [4.69, 9.17) is 0 Å². The van der Waals surface area contributed by atoms with Gasteiger partial charge in [0.25, 0.3) is 0 Å². The second kappa shape index (κ2) is 5.77. The first-order valence-electron chi connectivity index (χ1n) is 7.42. The van der Waals surface area contributed by atoms with Crippen molar-refractivity contribution < 1.29 is 0 Å². The summed E-state index contributed by atoms with van der Waals surface area (Å²) in [4.78, 5) is 16.8. The van der Waals surface area contributed by atoms with Gasteiger partial charge in [-0.3, -0.25) is 9.69 Å². The Morgan fingerprint density at radius 3 is 2.74 bits per heavy atom. The van der Waals surface area contributed by atoms with E-state index in [0.717, 1.165) is 18.8 Å². The maximum Gasteiger partial charge on any atom is 0.304 e. The summed E-state index contributed by atoms with van der Waals surface area (Å²) in [6.45, 7) is 4.29. The van der Waals surface area contributed by atoms with Gasteiger partial charge in [0.15, 0.2) is 0 Å². The molecule has 0 saturated carbocycles. The molecule has 2 N–H and O–H groups in total. The molecule has 2 atom stereocenters. The summed E-state index contributed by atoms with van der Waals surface area (Å²) in [7, 11) is 0. The molecule has 3 rings (SSSR count). The number of H-pyrrole nitrogens is 1. The van der Waals surface area contributed by atoms with Gasteiger partial charge in [0.1, 0.15) is 0 Å². The Balaban J connectivity index is 1.61. The molecule has 0 radical (unpaired) electrons. The van der Waals surface area contributed by atoms with Crippen LogP contribution in [0.1, 0.15) is 44.7 Å². The minimum Gasteiger partial charge on any atom is -0.315 e. The third kappa shape index (κ3) is 2.93. The van der Waals surface area contributed by atoms with E-state index < -0.39 is 0 Å². The average molecular weight is 281 g/mol. The monoisotopic (exact) mass is 281 g/mol. The molecule has 5 heteroatoms. The number of thiazole rings is 1. The summed E-state index contributed by atoms with van der Waals surface area (Å²) in [5.74, 6) is 0. The second-order valence-electron chi connectivity index (χ2n) is 5.85. The Kier molecular flexibility index (Phi) is 4.05. The molecule has 19 heavy (non-hydrogen) atoms. The summed E-state index contributed by atoms with van der Waals surface area (Å²) in [5, 5.41) is 5.65. The van der Waals surface area contributed by atoms with Crippen molar-refractivity contribution in [2.45, 2.75) is 63.7 Å². The molecule has 2 unspecified atom stereocenters. The third-order valence-electron chi connectivity index (χ3n) is 4.49. The van der Waals surface area contributed by atoms with Crippen molar-refractivity contribution in [3.63, 3.8) is 0 Å². The van der Waals surface area contributed by atoms with Crippen molar-refractivity contribution in [2.75, 3.05) is 6.54 Å². The van der Waals surface area contributed by atoms with Crippen LogP contribution in [0.4, 0.5) is 0 Å². The lowest BCUT2D eigenvalue weighted by Crippen LogP contribution is -2.48. The van der Waals surface area contributed by atoms with E-state index in [1.807, 2.05) is 5.38 Å². The minimum atomic E-state index is 0.0712. The number of aromatic nitrogens is 1. The Hall–Kier alpha value is -0.650. The fourth-order valence-corrected chi connectivity index (χ4v) is 4.21. The molecule has 1 aromatic rings. The molecule has 2 aliphatic rings. The number of hydrogen-bond acceptors (Lipinski definition) is 4. The van der Waals surface area contributed by atoms with Crippen molar-refractivity contribution in [3.8, 4) is 0 Å². The molecule has 1 aromatic heterocycles. The fourth-order valence-electron chi connectivity index (χ4n) is 3.64. The Morgan fingerprint density at radius 1 is 1.42 bits per heavy atom. The number of nitrogens with zero attached hydrogens (tertiary/aromatic N) is 1. The zero-order valence-electron chi connectivity index (χ0n) is 11.5. The third-order valence-corrected chi connectivity index (χ3v) is 5.21. The molecule has 0 amide bonds. The van der Waals surface area contributed by atoms with E-state index in [9.17, 15) is 4.79 Å². The molecule has 0 aromatic carbocycles. The molecule has 2 fully saturated rings. The van der Waals surface area contributed by atoms with Gasteiger partial charge in [0.2, 0.25) is 0 Å². The maximum atomic E-state index is 11.2. The average Bonchev–Trinajstić information content (AvgIpc) is 2.89. The normalized spacial score (nSPS) is 30.9. The Morgan fingerprint density at radius 2 is 2.16 bits per heavy atom. The van der Waals surface area contributed by atoms with Crippen LogP contribution in [0.5, 0.6) is 0 Å². The van der Waals surface area contributed by atoms with E-state index in [0.29, 0.717) is 18.1 Å². The number of rotatable bonds is 5. The number of aromatic amines is 1. The number of nitrogens with one attached hydrogen (secondary N) is 2. The van der Waals surface area contributed by atoms with Crippen LogP contribution in [0.15, 0.2) is 10.2 Å². The maximum absolute atomic E-state index is 11.2. The molecule has 2 saturated heterocycles. The van der Waals surface area contributed by atoms with Crippen molar-refractivity contribution in [2.24, 2.45) is 0 Å². The van der Waals surface area contributed by atoms with Crippen molar-refractivity contribution in [3.05, 3.63) is 20.7 Å². The van der Waals surface area contributed by atoms with E-state index in [2.05, 4.69) is 22.1 Å². The van der Waals surface area contributed by atoms with E-state index in [1.54, 1.807) is 0 Å². The van der Waals surface area contributed by atoms with Gasteiger partial charge in [-0.1, -0.05) is 18.3 Å². The van der Waals surface area contributed by atoms with Gasteiger partial charge in [-0.15, -0.1) is 0 Å². The van der Waals surface area contributed by atoms with Gasteiger partial charge in [-0.2, -0.15) is 0 Å². The molecule has 3 heterocycles.